The minimum absolute atomic E-state index is 0.414. The van der Waals surface area contributed by atoms with Crippen molar-refractivity contribution in [2.75, 3.05) is 20.6 Å². The van der Waals surface area contributed by atoms with Crippen molar-refractivity contribution in [3.8, 4) is 0 Å². The molecule has 19 heavy (non-hydrogen) atoms. The lowest BCUT2D eigenvalue weighted by atomic mass is 9.71. The Kier molecular flexibility index (Phi) is 5.30. The third kappa shape index (κ3) is 3.72. The summed E-state index contributed by atoms with van der Waals surface area (Å²) in [6.07, 6.45) is 11.4. The van der Waals surface area contributed by atoms with Gasteiger partial charge in [0.1, 0.15) is 0 Å². The number of rotatable bonds is 7. The summed E-state index contributed by atoms with van der Waals surface area (Å²) in [5.41, 5.74) is 0.414. The summed E-state index contributed by atoms with van der Waals surface area (Å²) in [6, 6.07) is 0.695. The van der Waals surface area contributed by atoms with Crippen LogP contribution in [0.5, 0.6) is 0 Å². The van der Waals surface area contributed by atoms with Crippen LogP contribution in [0.25, 0.3) is 0 Å². The smallest absolute Gasteiger partial charge is 0.0356 e. The van der Waals surface area contributed by atoms with Crippen LogP contribution < -0.4 is 5.32 Å². The van der Waals surface area contributed by atoms with Crippen LogP contribution in [0.4, 0.5) is 0 Å². The van der Waals surface area contributed by atoms with Gasteiger partial charge in [0.15, 0.2) is 0 Å². The van der Waals surface area contributed by atoms with Crippen LogP contribution in [-0.4, -0.2) is 37.1 Å². The Labute approximate surface area is 120 Å². The van der Waals surface area contributed by atoms with Crippen LogP contribution in [0.2, 0.25) is 0 Å². The van der Waals surface area contributed by atoms with Crippen molar-refractivity contribution in [2.45, 2.75) is 76.8 Å². The Balaban J connectivity index is 2.03. The maximum absolute atomic E-state index is 3.83. The summed E-state index contributed by atoms with van der Waals surface area (Å²) in [5, 5.41) is 3.83. The third-order valence-electron chi connectivity index (χ3n) is 5.69. The number of likely N-dealkylation sites (N-methyl/N-ethyl adjacent to an activating group) is 2. The predicted octanol–water partition coefficient (Wildman–Crippen LogP) is 3.67. The van der Waals surface area contributed by atoms with Crippen LogP contribution in [0.3, 0.4) is 0 Å². The van der Waals surface area contributed by atoms with Crippen LogP contribution in [0.15, 0.2) is 0 Å². The molecule has 0 radical (unpaired) electrons. The van der Waals surface area contributed by atoms with Crippen LogP contribution in [0, 0.1) is 11.8 Å². The van der Waals surface area contributed by atoms with Crippen molar-refractivity contribution >= 4 is 0 Å². The molecule has 0 bridgehead atoms. The molecule has 0 amide bonds. The van der Waals surface area contributed by atoms with E-state index in [9.17, 15) is 0 Å². The summed E-state index contributed by atoms with van der Waals surface area (Å²) >= 11 is 0. The third-order valence-corrected chi connectivity index (χ3v) is 5.69. The maximum Gasteiger partial charge on any atom is 0.0356 e. The topological polar surface area (TPSA) is 15.3 Å². The van der Waals surface area contributed by atoms with Gasteiger partial charge in [-0.3, -0.25) is 0 Å². The number of nitrogens with one attached hydrogen (secondary N) is 1. The molecule has 0 aromatic carbocycles. The molecule has 1 N–H and O–H groups in total. The second kappa shape index (κ2) is 6.58. The molecular formula is C17H34N2. The molecule has 2 aliphatic carbocycles. The fourth-order valence-electron chi connectivity index (χ4n) is 3.99. The Morgan fingerprint density at radius 3 is 2.26 bits per heavy atom. The molecule has 112 valence electrons. The second-order valence-electron chi connectivity index (χ2n) is 7.31. The minimum atomic E-state index is 0.414. The average molecular weight is 266 g/mol. The van der Waals surface area contributed by atoms with E-state index in [1.54, 1.807) is 0 Å². The van der Waals surface area contributed by atoms with Crippen molar-refractivity contribution in [2.24, 2.45) is 11.8 Å². The van der Waals surface area contributed by atoms with Gasteiger partial charge in [-0.1, -0.05) is 26.7 Å². The average Bonchev–Trinajstić information content (AvgIpc) is 3.19. The standard InChI is InChI=1S/C17H34N2/c1-5-18-16(9-8-15-6-7-15)17(19(3)4)12-10-14(2)11-13-17/h14-16,18H,5-13H2,1-4H3. The molecular weight excluding hydrogens is 232 g/mol. The van der Waals surface area contributed by atoms with E-state index in [2.05, 4.69) is 38.2 Å². The lowest BCUT2D eigenvalue weighted by Crippen LogP contribution is -2.60. The first-order chi connectivity index (χ1) is 9.08. The SMILES string of the molecule is CCNC(CCC1CC1)C1(N(C)C)CCC(C)CC1. The van der Waals surface area contributed by atoms with Gasteiger partial charge in [-0.25, -0.2) is 0 Å². The van der Waals surface area contributed by atoms with E-state index < -0.39 is 0 Å². The van der Waals surface area contributed by atoms with Gasteiger partial charge >= 0.3 is 0 Å². The highest BCUT2D eigenvalue weighted by molar-refractivity contribution is 5.01. The molecule has 0 spiro atoms. The molecule has 1 unspecified atom stereocenters. The molecule has 2 fully saturated rings. The maximum atomic E-state index is 3.83. The summed E-state index contributed by atoms with van der Waals surface area (Å²) in [7, 11) is 4.61. The van der Waals surface area contributed by atoms with Crippen molar-refractivity contribution < 1.29 is 0 Å². The van der Waals surface area contributed by atoms with E-state index in [-0.39, 0.29) is 0 Å². The first kappa shape index (κ1) is 15.3. The van der Waals surface area contributed by atoms with E-state index in [1.165, 1.54) is 51.4 Å². The fraction of sp³-hybridized carbons (Fsp3) is 1.00. The molecule has 2 nitrogen and oxygen atoms in total. The van der Waals surface area contributed by atoms with Gasteiger partial charge in [-0.05, 0) is 71.0 Å². The monoisotopic (exact) mass is 266 g/mol. The van der Waals surface area contributed by atoms with Crippen molar-refractivity contribution in [3.63, 3.8) is 0 Å². The first-order valence-corrected chi connectivity index (χ1v) is 8.49. The number of hydrogen-bond acceptors (Lipinski definition) is 2. The predicted molar refractivity (Wildman–Crippen MR) is 83.5 cm³/mol. The highest BCUT2D eigenvalue weighted by Gasteiger charge is 2.42. The molecule has 1 atom stereocenters. The van der Waals surface area contributed by atoms with Gasteiger partial charge in [0.25, 0.3) is 0 Å². The van der Waals surface area contributed by atoms with Gasteiger partial charge < -0.3 is 10.2 Å². The summed E-state index contributed by atoms with van der Waals surface area (Å²) in [4.78, 5) is 2.54. The Bertz CT molecular complexity index is 262. The van der Waals surface area contributed by atoms with E-state index in [0.717, 1.165) is 18.4 Å². The molecule has 0 aromatic heterocycles. The Morgan fingerprint density at radius 2 is 1.79 bits per heavy atom. The van der Waals surface area contributed by atoms with Crippen molar-refractivity contribution in [3.05, 3.63) is 0 Å². The summed E-state index contributed by atoms with van der Waals surface area (Å²) in [5.74, 6) is 1.99. The van der Waals surface area contributed by atoms with E-state index in [1.807, 2.05) is 0 Å². The quantitative estimate of drug-likeness (QED) is 0.756. The van der Waals surface area contributed by atoms with Gasteiger partial charge in [-0.15, -0.1) is 0 Å². The van der Waals surface area contributed by atoms with Gasteiger partial charge in [-0.2, -0.15) is 0 Å². The fourth-order valence-corrected chi connectivity index (χ4v) is 3.99. The zero-order valence-corrected chi connectivity index (χ0v) is 13.5. The molecule has 0 saturated heterocycles. The van der Waals surface area contributed by atoms with Crippen molar-refractivity contribution in [1.82, 2.24) is 10.2 Å². The van der Waals surface area contributed by atoms with Crippen molar-refractivity contribution in [1.29, 1.82) is 0 Å². The number of hydrogen-bond donors (Lipinski definition) is 1. The second-order valence-corrected chi connectivity index (χ2v) is 7.31. The zero-order chi connectivity index (χ0) is 13.9. The van der Waals surface area contributed by atoms with Gasteiger partial charge in [0.05, 0.1) is 0 Å². The van der Waals surface area contributed by atoms with Gasteiger partial charge in [0.2, 0.25) is 0 Å². The van der Waals surface area contributed by atoms with Crippen LogP contribution in [0.1, 0.15) is 65.2 Å². The van der Waals surface area contributed by atoms with E-state index in [4.69, 9.17) is 0 Å². The normalized spacial score (nSPS) is 33.6. The lowest BCUT2D eigenvalue weighted by Gasteiger charge is -2.50. The minimum Gasteiger partial charge on any atom is -0.312 e. The molecule has 2 rings (SSSR count). The zero-order valence-electron chi connectivity index (χ0n) is 13.5. The molecule has 2 aliphatic rings. The Morgan fingerprint density at radius 1 is 1.16 bits per heavy atom. The first-order valence-electron chi connectivity index (χ1n) is 8.49. The highest BCUT2D eigenvalue weighted by atomic mass is 15.2. The lowest BCUT2D eigenvalue weighted by molar-refractivity contribution is 0.0397. The van der Waals surface area contributed by atoms with Crippen LogP contribution >= 0.6 is 0 Å². The summed E-state index contributed by atoms with van der Waals surface area (Å²) in [6.45, 7) is 5.80. The molecule has 0 aliphatic heterocycles. The van der Waals surface area contributed by atoms with Crippen LogP contribution in [-0.2, 0) is 0 Å². The van der Waals surface area contributed by atoms with E-state index in [0.29, 0.717) is 11.6 Å². The molecule has 0 aromatic rings. The molecule has 2 saturated carbocycles. The summed E-state index contributed by atoms with van der Waals surface area (Å²) < 4.78 is 0. The van der Waals surface area contributed by atoms with Gasteiger partial charge in [0, 0.05) is 11.6 Å². The largest absolute Gasteiger partial charge is 0.312 e. The molecule has 0 heterocycles. The highest BCUT2D eigenvalue weighted by Crippen LogP contribution is 2.41. The number of nitrogens with zero attached hydrogens (tertiary/aromatic N) is 1. The van der Waals surface area contributed by atoms with E-state index >= 15 is 0 Å². The Hall–Kier alpha value is -0.0800. The molecule has 2 heteroatoms.